The number of hydrogen-bond acceptors (Lipinski definition) is 1. The minimum atomic E-state index is 0.0491. The first-order valence-electron chi connectivity index (χ1n) is 3.56. The fraction of sp³-hybridized carbons (Fsp3) is 0.222. The highest BCUT2D eigenvalue weighted by molar-refractivity contribution is 5.85. The summed E-state index contributed by atoms with van der Waals surface area (Å²) >= 11 is 0. The molecule has 0 aliphatic carbocycles. The Balaban J connectivity index is 2.87. The number of amides is 1. The molecule has 1 aliphatic heterocycles. The largest absolute Gasteiger partial charge is 0.326 e. The highest BCUT2D eigenvalue weighted by Crippen LogP contribution is 2.15. The highest BCUT2D eigenvalue weighted by atomic mass is 16.1. The molecule has 0 atom stereocenters. The second kappa shape index (κ2) is 3.19. The fourth-order valence-electron chi connectivity index (χ4n) is 1.07. The van der Waals surface area contributed by atoms with Gasteiger partial charge in [0.1, 0.15) is 0 Å². The Hall–Kier alpha value is -1.31. The van der Waals surface area contributed by atoms with Gasteiger partial charge < -0.3 is 5.32 Å². The maximum atomic E-state index is 10.9. The molecule has 0 aromatic rings. The van der Waals surface area contributed by atoms with E-state index in [1.54, 1.807) is 6.08 Å². The number of carbonyl (C=O) groups is 1. The van der Waals surface area contributed by atoms with E-state index in [0.717, 1.165) is 11.3 Å². The average Bonchev–Trinajstić information content (AvgIpc) is 2.32. The quantitative estimate of drug-likeness (QED) is 0.633. The van der Waals surface area contributed by atoms with E-state index >= 15 is 0 Å². The van der Waals surface area contributed by atoms with Gasteiger partial charge in [0.05, 0.1) is 6.42 Å². The molecule has 2 nitrogen and oxygen atoms in total. The molecule has 0 spiro atoms. The molecular formula is C9H11NO. The lowest BCUT2D eigenvalue weighted by atomic mass is 10.2. The van der Waals surface area contributed by atoms with Crippen LogP contribution in [0.3, 0.4) is 0 Å². The van der Waals surface area contributed by atoms with Crippen molar-refractivity contribution in [3.05, 3.63) is 36.1 Å². The van der Waals surface area contributed by atoms with E-state index in [0.29, 0.717) is 6.42 Å². The number of hydrogen-bond donors (Lipinski definition) is 1. The van der Waals surface area contributed by atoms with Gasteiger partial charge in [-0.1, -0.05) is 18.7 Å². The molecule has 2 heteroatoms. The summed E-state index contributed by atoms with van der Waals surface area (Å²) in [6.45, 7) is 5.53. The highest BCUT2D eigenvalue weighted by Gasteiger charge is 2.15. The molecule has 1 heterocycles. The van der Waals surface area contributed by atoms with Crippen LogP contribution in [0.2, 0.25) is 0 Å². The van der Waals surface area contributed by atoms with Gasteiger partial charge in [-0.3, -0.25) is 4.79 Å². The molecule has 0 fully saturated rings. The first-order valence-corrected chi connectivity index (χ1v) is 3.56. The van der Waals surface area contributed by atoms with Gasteiger partial charge in [0.15, 0.2) is 0 Å². The Morgan fingerprint density at radius 1 is 1.64 bits per heavy atom. The topological polar surface area (TPSA) is 29.1 Å². The summed E-state index contributed by atoms with van der Waals surface area (Å²) in [7, 11) is 0. The maximum absolute atomic E-state index is 10.9. The monoisotopic (exact) mass is 149 g/mol. The Kier molecular flexibility index (Phi) is 2.26. The Morgan fingerprint density at radius 3 is 2.91 bits per heavy atom. The summed E-state index contributed by atoms with van der Waals surface area (Å²) in [5.41, 5.74) is 1.86. The molecule has 0 saturated heterocycles. The van der Waals surface area contributed by atoms with Crippen LogP contribution in [0.4, 0.5) is 0 Å². The van der Waals surface area contributed by atoms with E-state index in [1.807, 2.05) is 19.1 Å². The predicted molar refractivity (Wildman–Crippen MR) is 44.8 cm³/mol. The van der Waals surface area contributed by atoms with Gasteiger partial charge in [0.2, 0.25) is 5.91 Å². The van der Waals surface area contributed by atoms with Crippen molar-refractivity contribution in [2.75, 3.05) is 0 Å². The molecule has 0 saturated carbocycles. The molecule has 58 valence electrons. The fourth-order valence-corrected chi connectivity index (χ4v) is 1.07. The molecule has 1 aliphatic rings. The van der Waals surface area contributed by atoms with Crippen LogP contribution in [0, 0.1) is 0 Å². The van der Waals surface area contributed by atoms with E-state index in [2.05, 4.69) is 11.9 Å². The zero-order chi connectivity index (χ0) is 8.27. The number of rotatable bonds is 2. The number of nitrogens with one attached hydrogen (secondary N) is 1. The molecule has 0 aromatic heterocycles. The molecule has 0 bridgehead atoms. The molecule has 1 N–H and O–H groups in total. The van der Waals surface area contributed by atoms with E-state index in [1.165, 1.54) is 0 Å². The van der Waals surface area contributed by atoms with Crippen LogP contribution in [0.1, 0.15) is 13.3 Å². The second-order valence-electron chi connectivity index (χ2n) is 2.37. The molecule has 0 aromatic carbocycles. The third-order valence-corrected chi connectivity index (χ3v) is 1.54. The van der Waals surface area contributed by atoms with Crippen LogP contribution in [-0.4, -0.2) is 5.91 Å². The zero-order valence-corrected chi connectivity index (χ0v) is 6.55. The minimum Gasteiger partial charge on any atom is -0.326 e. The van der Waals surface area contributed by atoms with Crippen LogP contribution in [0.25, 0.3) is 0 Å². The summed E-state index contributed by atoms with van der Waals surface area (Å²) in [6, 6.07) is 0. The Labute approximate surface area is 66.3 Å². The molecule has 11 heavy (non-hydrogen) atoms. The first kappa shape index (κ1) is 7.79. The lowest BCUT2D eigenvalue weighted by molar-refractivity contribution is -0.118. The van der Waals surface area contributed by atoms with Crippen LogP contribution < -0.4 is 5.32 Å². The van der Waals surface area contributed by atoms with Gasteiger partial charge in [-0.2, -0.15) is 0 Å². The van der Waals surface area contributed by atoms with Crippen molar-refractivity contribution in [2.45, 2.75) is 13.3 Å². The average molecular weight is 149 g/mol. The van der Waals surface area contributed by atoms with Gasteiger partial charge in [0.25, 0.3) is 0 Å². The molecular weight excluding hydrogens is 138 g/mol. The molecule has 1 rings (SSSR count). The third kappa shape index (κ3) is 1.58. The van der Waals surface area contributed by atoms with Gasteiger partial charge in [-0.25, -0.2) is 0 Å². The summed E-state index contributed by atoms with van der Waals surface area (Å²) in [5.74, 6) is 0.0491. The van der Waals surface area contributed by atoms with Crippen molar-refractivity contribution in [1.29, 1.82) is 0 Å². The second-order valence-corrected chi connectivity index (χ2v) is 2.37. The summed E-state index contributed by atoms with van der Waals surface area (Å²) in [4.78, 5) is 10.9. The summed E-state index contributed by atoms with van der Waals surface area (Å²) in [5, 5.41) is 2.71. The van der Waals surface area contributed by atoms with Gasteiger partial charge >= 0.3 is 0 Å². The van der Waals surface area contributed by atoms with Gasteiger partial charge in [0, 0.05) is 5.70 Å². The number of carbonyl (C=O) groups excluding carboxylic acids is 1. The normalized spacial score (nSPS) is 17.7. The maximum Gasteiger partial charge on any atom is 0.228 e. The Bertz CT molecular complexity index is 248. The van der Waals surface area contributed by atoms with Crippen molar-refractivity contribution in [2.24, 2.45) is 0 Å². The molecule has 1 amide bonds. The van der Waals surface area contributed by atoms with Crippen molar-refractivity contribution >= 4 is 5.91 Å². The van der Waals surface area contributed by atoms with E-state index < -0.39 is 0 Å². The van der Waals surface area contributed by atoms with E-state index in [4.69, 9.17) is 0 Å². The van der Waals surface area contributed by atoms with Crippen molar-refractivity contribution in [3.63, 3.8) is 0 Å². The zero-order valence-electron chi connectivity index (χ0n) is 6.55. The van der Waals surface area contributed by atoms with Crippen molar-refractivity contribution in [3.8, 4) is 0 Å². The lowest BCUT2D eigenvalue weighted by Gasteiger charge is -1.93. The summed E-state index contributed by atoms with van der Waals surface area (Å²) < 4.78 is 0. The van der Waals surface area contributed by atoms with Gasteiger partial charge in [-0.15, -0.1) is 0 Å². The smallest absolute Gasteiger partial charge is 0.228 e. The van der Waals surface area contributed by atoms with Crippen LogP contribution >= 0.6 is 0 Å². The summed E-state index contributed by atoms with van der Waals surface area (Å²) in [6.07, 6.45) is 5.99. The SMILES string of the molecule is C=CC1=C(C=CC)CC(=O)N1. The molecule has 0 unspecified atom stereocenters. The van der Waals surface area contributed by atoms with Crippen LogP contribution in [0.5, 0.6) is 0 Å². The first-order chi connectivity index (χ1) is 5.27. The molecule has 0 radical (unpaired) electrons. The third-order valence-electron chi connectivity index (χ3n) is 1.54. The van der Waals surface area contributed by atoms with Crippen LogP contribution in [-0.2, 0) is 4.79 Å². The van der Waals surface area contributed by atoms with Crippen molar-refractivity contribution in [1.82, 2.24) is 5.32 Å². The van der Waals surface area contributed by atoms with Gasteiger partial charge in [-0.05, 0) is 18.6 Å². The van der Waals surface area contributed by atoms with Crippen LogP contribution in [0.15, 0.2) is 36.1 Å². The van der Waals surface area contributed by atoms with E-state index in [9.17, 15) is 4.79 Å². The number of allylic oxidation sites excluding steroid dienone is 3. The van der Waals surface area contributed by atoms with Crippen molar-refractivity contribution < 1.29 is 4.79 Å². The predicted octanol–water partition coefficient (Wildman–Crippen LogP) is 1.52. The minimum absolute atomic E-state index is 0.0491. The standard InChI is InChI=1S/C9H11NO/c1-3-5-7-6-9(11)10-8(7)4-2/h3-5H,2,6H2,1H3,(H,10,11). The lowest BCUT2D eigenvalue weighted by Crippen LogP contribution is -2.13. The van der Waals surface area contributed by atoms with E-state index in [-0.39, 0.29) is 5.91 Å². The Morgan fingerprint density at radius 2 is 2.36 bits per heavy atom.